The largest absolute Gasteiger partial charge is 0.508 e. The van der Waals surface area contributed by atoms with Crippen LogP contribution in [0.2, 0.25) is 0 Å². The van der Waals surface area contributed by atoms with Crippen LogP contribution in [0.5, 0.6) is 5.75 Å². The predicted octanol–water partition coefficient (Wildman–Crippen LogP) is 3.77. The molecule has 1 amide bonds. The van der Waals surface area contributed by atoms with E-state index in [0.717, 1.165) is 38.8 Å². The molecule has 1 aromatic carbocycles. The molecule has 8 heteroatoms. The SMILES string of the molecule is O=C(OCC(Cl)(Cl)Cl)N1CC23CC45CC2C1C3C41CCN[C@@H]5Cc2ccc(O)cc21. The fourth-order valence-electron chi connectivity index (χ4n) is 9.41. The van der Waals surface area contributed by atoms with Gasteiger partial charge in [-0.3, -0.25) is 0 Å². The van der Waals surface area contributed by atoms with Gasteiger partial charge in [-0.05, 0) is 78.2 Å². The van der Waals surface area contributed by atoms with Crippen LogP contribution in [-0.2, 0) is 16.6 Å². The van der Waals surface area contributed by atoms with Gasteiger partial charge in [0.2, 0.25) is 3.79 Å². The summed E-state index contributed by atoms with van der Waals surface area (Å²) < 4.78 is 3.78. The van der Waals surface area contributed by atoms with E-state index in [1.165, 1.54) is 11.1 Å². The minimum absolute atomic E-state index is 0.0267. The summed E-state index contributed by atoms with van der Waals surface area (Å²) >= 11 is 17.4. The van der Waals surface area contributed by atoms with E-state index in [9.17, 15) is 9.90 Å². The van der Waals surface area contributed by atoms with E-state index in [4.69, 9.17) is 39.5 Å². The Morgan fingerprint density at radius 1 is 1.37 bits per heavy atom. The number of aromatic hydroxyl groups is 1. The molecule has 6 unspecified atom stereocenters. The Hall–Kier alpha value is -0.880. The van der Waals surface area contributed by atoms with Crippen molar-refractivity contribution in [1.29, 1.82) is 0 Å². The highest BCUT2D eigenvalue weighted by Crippen LogP contribution is 2.89. The normalized spacial score (nSPS) is 46.3. The number of phenolic OH excluding ortho intramolecular Hbond substituents is 1. The van der Waals surface area contributed by atoms with Crippen LogP contribution in [0.15, 0.2) is 18.2 Å². The Kier molecular flexibility index (Phi) is 3.34. The number of nitrogens with zero attached hydrogens (tertiary/aromatic N) is 1. The zero-order chi connectivity index (χ0) is 20.7. The lowest BCUT2D eigenvalue weighted by Gasteiger charge is -2.68. The molecule has 2 spiro atoms. The molecule has 3 saturated heterocycles. The third-order valence-electron chi connectivity index (χ3n) is 9.75. The monoisotopic (exact) mass is 468 g/mol. The van der Waals surface area contributed by atoms with E-state index >= 15 is 0 Å². The van der Waals surface area contributed by atoms with Gasteiger partial charge >= 0.3 is 6.09 Å². The van der Waals surface area contributed by atoms with E-state index in [2.05, 4.69) is 11.4 Å². The predicted molar refractivity (Wildman–Crippen MR) is 113 cm³/mol. The third kappa shape index (κ3) is 1.85. The van der Waals surface area contributed by atoms with Crippen LogP contribution in [0.3, 0.4) is 0 Å². The Morgan fingerprint density at radius 2 is 2.20 bits per heavy atom. The van der Waals surface area contributed by atoms with Crippen molar-refractivity contribution in [1.82, 2.24) is 10.2 Å². The Bertz CT molecular complexity index is 998. The summed E-state index contributed by atoms with van der Waals surface area (Å²) in [7, 11) is 0. The molecule has 3 saturated carbocycles. The number of fused-ring (bicyclic) bond motifs is 2. The van der Waals surface area contributed by atoms with Gasteiger partial charge in [-0.2, -0.15) is 0 Å². The lowest BCUT2D eigenvalue weighted by Crippen LogP contribution is -2.73. The van der Waals surface area contributed by atoms with Crippen LogP contribution < -0.4 is 5.32 Å². The molecule has 0 radical (unpaired) electrons. The highest BCUT2D eigenvalue weighted by Gasteiger charge is 2.91. The number of ether oxygens (including phenoxy) is 1. The molecule has 3 heterocycles. The summed E-state index contributed by atoms with van der Waals surface area (Å²) in [4.78, 5) is 14.9. The second-order valence-corrected chi connectivity index (χ2v) is 12.9. The third-order valence-corrected chi connectivity index (χ3v) is 10.1. The summed E-state index contributed by atoms with van der Waals surface area (Å²) in [5.74, 6) is 1.31. The van der Waals surface area contributed by atoms with E-state index in [1.807, 2.05) is 17.0 Å². The van der Waals surface area contributed by atoms with Gasteiger partial charge in [0.15, 0.2) is 0 Å². The Morgan fingerprint density at radius 3 is 3.00 bits per heavy atom. The zero-order valence-corrected chi connectivity index (χ0v) is 18.6. The van der Waals surface area contributed by atoms with Gasteiger partial charge < -0.3 is 20.1 Å². The quantitative estimate of drug-likeness (QED) is 0.615. The molecular weight excluding hydrogens is 447 g/mol. The van der Waals surface area contributed by atoms with Gasteiger partial charge in [0, 0.05) is 24.0 Å². The first-order valence-electron chi connectivity index (χ1n) is 10.8. The summed E-state index contributed by atoms with van der Waals surface area (Å²) in [6.07, 6.45) is 4.05. The number of rotatable bonds is 1. The average Bonchev–Trinajstić information content (AvgIpc) is 3.32. The number of hydrogen-bond acceptors (Lipinski definition) is 4. The number of alkyl halides is 3. The molecule has 5 nitrogen and oxygen atoms in total. The van der Waals surface area contributed by atoms with Gasteiger partial charge in [-0.15, -0.1) is 0 Å². The van der Waals surface area contributed by atoms with Gasteiger partial charge in [0.05, 0.1) is 0 Å². The van der Waals surface area contributed by atoms with Crippen molar-refractivity contribution < 1.29 is 14.6 Å². The van der Waals surface area contributed by atoms with E-state index in [0.29, 0.717) is 23.6 Å². The van der Waals surface area contributed by atoms with Gasteiger partial charge in [-0.25, -0.2) is 4.79 Å². The summed E-state index contributed by atoms with van der Waals surface area (Å²) in [6.45, 7) is 1.50. The summed E-state index contributed by atoms with van der Waals surface area (Å²) in [5.41, 5.74) is 3.13. The topological polar surface area (TPSA) is 61.8 Å². The van der Waals surface area contributed by atoms with Crippen LogP contribution in [0.25, 0.3) is 0 Å². The standard InChI is InChI=1S/C22H23Cl3N2O3/c23-22(24,25)10-30-18(29)27-9-19-8-20-7-14(19)16(27)17(19)21(20)3-4-26-15(20)5-11-1-2-12(28)6-13(11)21/h1-2,6,14-17,26,28H,3-5,7-10H2/t14?,15-,16?,17?,19?,20?,21?/m1/s1. The maximum Gasteiger partial charge on any atom is 0.410 e. The van der Waals surface area contributed by atoms with Gasteiger partial charge in [-0.1, -0.05) is 40.9 Å². The maximum atomic E-state index is 12.9. The highest BCUT2D eigenvalue weighted by molar-refractivity contribution is 6.67. The molecule has 7 atom stereocenters. The number of benzene rings is 1. The first-order valence-corrected chi connectivity index (χ1v) is 11.9. The smallest absolute Gasteiger partial charge is 0.410 e. The molecule has 160 valence electrons. The van der Waals surface area contributed by atoms with Crippen molar-refractivity contribution >= 4 is 40.9 Å². The highest BCUT2D eigenvalue weighted by atomic mass is 35.6. The minimum Gasteiger partial charge on any atom is -0.508 e. The summed E-state index contributed by atoms with van der Waals surface area (Å²) in [6, 6.07) is 6.62. The van der Waals surface area contributed by atoms with Crippen LogP contribution in [0.4, 0.5) is 4.79 Å². The molecule has 1 aromatic rings. The van der Waals surface area contributed by atoms with Crippen molar-refractivity contribution in [2.24, 2.45) is 22.7 Å². The van der Waals surface area contributed by atoms with Crippen molar-refractivity contribution in [3.8, 4) is 5.75 Å². The summed E-state index contributed by atoms with van der Waals surface area (Å²) in [5, 5.41) is 14.2. The number of carbonyl (C=O) groups excluding carboxylic acids is 1. The number of halogens is 3. The number of carbonyl (C=O) groups is 1. The van der Waals surface area contributed by atoms with Crippen molar-refractivity contribution in [2.45, 2.75) is 47.0 Å². The van der Waals surface area contributed by atoms with E-state index in [1.54, 1.807) is 0 Å². The Balaban J connectivity index is 1.32. The number of nitrogens with one attached hydrogen (secondary N) is 1. The van der Waals surface area contributed by atoms with Crippen LogP contribution in [0.1, 0.15) is 30.4 Å². The number of phenols is 1. The molecule has 6 fully saturated rings. The second kappa shape index (κ2) is 5.36. The lowest BCUT2D eigenvalue weighted by molar-refractivity contribution is -0.122. The molecule has 8 rings (SSSR count). The molecule has 30 heavy (non-hydrogen) atoms. The molecule has 0 aromatic heterocycles. The average molecular weight is 470 g/mol. The number of amides is 1. The van der Waals surface area contributed by atoms with Crippen LogP contribution in [0, 0.1) is 22.7 Å². The van der Waals surface area contributed by atoms with Gasteiger partial charge in [0.1, 0.15) is 12.4 Å². The Labute approximate surface area is 190 Å². The molecule has 7 aliphatic rings. The fraction of sp³-hybridized carbons (Fsp3) is 0.682. The van der Waals surface area contributed by atoms with Crippen LogP contribution in [-0.4, -0.2) is 51.7 Å². The van der Waals surface area contributed by atoms with E-state index < -0.39 is 3.79 Å². The molecular formula is C22H23Cl3N2O3. The first kappa shape index (κ1) is 18.7. The van der Waals surface area contributed by atoms with Crippen LogP contribution >= 0.6 is 34.8 Å². The molecule has 5 bridgehead atoms. The maximum absolute atomic E-state index is 12.9. The van der Waals surface area contributed by atoms with E-state index in [-0.39, 0.29) is 35.0 Å². The minimum atomic E-state index is -1.60. The van der Waals surface area contributed by atoms with Crippen molar-refractivity contribution in [3.05, 3.63) is 29.3 Å². The molecule has 2 N–H and O–H groups in total. The van der Waals surface area contributed by atoms with Crippen molar-refractivity contribution in [3.63, 3.8) is 0 Å². The second-order valence-electron chi connectivity index (χ2n) is 10.4. The molecule has 4 aliphatic carbocycles. The number of hydrogen-bond donors (Lipinski definition) is 2. The zero-order valence-electron chi connectivity index (χ0n) is 16.3. The first-order chi connectivity index (χ1) is 14.2. The van der Waals surface area contributed by atoms with Gasteiger partial charge in [0.25, 0.3) is 0 Å². The lowest BCUT2D eigenvalue weighted by atomic mass is 9.37. The number of piperidine rings is 1. The molecule has 3 aliphatic heterocycles. The fourth-order valence-corrected chi connectivity index (χ4v) is 9.58. The van der Waals surface area contributed by atoms with Crippen molar-refractivity contribution in [2.75, 3.05) is 19.7 Å².